The van der Waals surface area contributed by atoms with Crippen LogP contribution in [0.15, 0.2) is 41.6 Å². The molecule has 3 aromatic rings. The van der Waals surface area contributed by atoms with Crippen molar-refractivity contribution < 1.29 is 22.0 Å². The average Bonchev–Trinajstić information content (AvgIpc) is 3.36. The molecule has 1 atom stereocenters. The molecular weight excluding hydrogens is 466 g/mol. The molecule has 1 aliphatic heterocycles. The molecule has 1 aliphatic rings. The molecule has 0 bridgehead atoms. The second-order valence-electron chi connectivity index (χ2n) is 8.30. The molecule has 182 valence electrons. The van der Waals surface area contributed by atoms with Crippen LogP contribution in [0, 0.1) is 26.7 Å². The maximum absolute atomic E-state index is 13.3. The summed E-state index contributed by atoms with van der Waals surface area (Å²) in [6.07, 6.45) is 4.56. The average molecular weight is 493 g/mol. The maximum atomic E-state index is 13.3. The Labute approximate surface area is 196 Å². The zero-order valence-corrected chi connectivity index (χ0v) is 19.9. The van der Waals surface area contributed by atoms with Crippen LogP contribution in [-0.4, -0.2) is 51.1 Å². The highest BCUT2D eigenvalue weighted by atomic mass is 32.2. The number of benzene rings is 1. The Hall–Kier alpha value is -3.12. The summed E-state index contributed by atoms with van der Waals surface area (Å²) in [6.45, 7) is 1.83. The number of sulfonamides is 1. The topological polar surface area (TPSA) is 102 Å². The van der Waals surface area contributed by atoms with E-state index in [2.05, 4.69) is 15.4 Å². The number of nitrogens with one attached hydrogen (secondary N) is 1. The molecule has 1 amide bonds. The number of imidazole rings is 1. The number of piperidine rings is 1. The number of anilines is 1. The van der Waals surface area contributed by atoms with Crippen LogP contribution in [0.25, 0.3) is 5.69 Å². The fourth-order valence-electron chi connectivity index (χ4n) is 4.32. The summed E-state index contributed by atoms with van der Waals surface area (Å²) in [4.78, 5) is 16.9. The van der Waals surface area contributed by atoms with Gasteiger partial charge in [-0.05, 0) is 57.9 Å². The summed E-state index contributed by atoms with van der Waals surface area (Å²) in [7, 11) is -4.08. The van der Waals surface area contributed by atoms with E-state index >= 15 is 0 Å². The molecule has 3 heterocycles. The van der Waals surface area contributed by atoms with Gasteiger partial charge in [-0.25, -0.2) is 18.1 Å². The number of halogens is 2. The van der Waals surface area contributed by atoms with Gasteiger partial charge in [-0.15, -0.1) is 0 Å². The van der Waals surface area contributed by atoms with Crippen molar-refractivity contribution in [1.29, 1.82) is 0 Å². The summed E-state index contributed by atoms with van der Waals surface area (Å²) < 4.78 is 56.4. The van der Waals surface area contributed by atoms with Crippen LogP contribution in [0.1, 0.15) is 36.6 Å². The van der Waals surface area contributed by atoms with E-state index in [4.69, 9.17) is 0 Å². The van der Waals surface area contributed by atoms with E-state index < -0.39 is 22.5 Å². The van der Waals surface area contributed by atoms with E-state index in [0.29, 0.717) is 23.2 Å². The monoisotopic (exact) mass is 492 g/mol. The van der Waals surface area contributed by atoms with Crippen LogP contribution in [-0.2, 0) is 14.8 Å². The molecule has 0 aliphatic carbocycles. The molecule has 1 N–H and O–H groups in total. The van der Waals surface area contributed by atoms with Gasteiger partial charge in [0, 0.05) is 36.9 Å². The first-order valence-electron chi connectivity index (χ1n) is 10.8. The van der Waals surface area contributed by atoms with Gasteiger partial charge in [-0.1, -0.05) is 0 Å². The van der Waals surface area contributed by atoms with Gasteiger partial charge in [0.25, 0.3) is 0 Å². The lowest BCUT2D eigenvalue weighted by Crippen LogP contribution is -2.44. The number of nitrogens with zero attached hydrogens (tertiary/aromatic N) is 5. The molecule has 0 spiro atoms. The molecule has 2 aromatic heterocycles. The highest BCUT2D eigenvalue weighted by molar-refractivity contribution is 7.89. The van der Waals surface area contributed by atoms with Crippen LogP contribution in [0.2, 0.25) is 0 Å². The lowest BCUT2D eigenvalue weighted by Gasteiger charge is -2.31. The normalized spacial score (nSPS) is 17.3. The number of amides is 1. The van der Waals surface area contributed by atoms with Gasteiger partial charge in [-0.2, -0.15) is 18.2 Å². The van der Waals surface area contributed by atoms with E-state index in [1.54, 1.807) is 18.3 Å². The number of rotatable bonds is 6. The zero-order valence-electron chi connectivity index (χ0n) is 19.1. The third-order valence-electron chi connectivity index (χ3n) is 6.04. The highest BCUT2D eigenvalue weighted by Crippen LogP contribution is 2.30. The largest absolute Gasteiger partial charge is 0.333 e. The van der Waals surface area contributed by atoms with E-state index in [1.165, 1.54) is 18.2 Å². The maximum Gasteiger partial charge on any atom is 0.333 e. The fraction of sp³-hybridized carbons (Fsp3) is 0.409. The van der Waals surface area contributed by atoms with Crippen molar-refractivity contribution in [3.63, 3.8) is 0 Å². The molecule has 9 nitrogen and oxygen atoms in total. The van der Waals surface area contributed by atoms with Crippen molar-refractivity contribution in [1.82, 2.24) is 23.6 Å². The Kier molecular flexibility index (Phi) is 6.54. The molecule has 12 heteroatoms. The Balaban J connectivity index is 1.47. The predicted molar refractivity (Wildman–Crippen MR) is 121 cm³/mol. The van der Waals surface area contributed by atoms with Gasteiger partial charge in [0.05, 0.1) is 17.3 Å². The molecule has 1 saturated heterocycles. The van der Waals surface area contributed by atoms with Gasteiger partial charge >= 0.3 is 6.55 Å². The molecule has 0 radical (unpaired) electrons. The quantitative estimate of drug-likeness (QED) is 0.568. The Bertz CT molecular complexity index is 1300. The first-order valence-corrected chi connectivity index (χ1v) is 12.3. The Morgan fingerprint density at radius 2 is 1.88 bits per heavy atom. The number of hydrogen-bond donors (Lipinski definition) is 1. The predicted octanol–water partition coefficient (Wildman–Crippen LogP) is 3.43. The van der Waals surface area contributed by atoms with Crippen molar-refractivity contribution >= 4 is 21.6 Å². The molecule has 1 aromatic carbocycles. The van der Waals surface area contributed by atoms with Crippen LogP contribution in [0.3, 0.4) is 0 Å². The highest BCUT2D eigenvalue weighted by Gasteiger charge is 2.37. The van der Waals surface area contributed by atoms with Gasteiger partial charge < -0.3 is 9.88 Å². The number of aromatic nitrogens is 4. The molecule has 1 unspecified atom stereocenters. The number of carbonyl (C=O) groups is 1. The van der Waals surface area contributed by atoms with Crippen LogP contribution >= 0.6 is 0 Å². The van der Waals surface area contributed by atoms with E-state index in [9.17, 15) is 22.0 Å². The SMILES string of the molecule is Cc1nn(C(F)F)c(C)c1S(=O)(=O)N1CCCC(C(=O)Nc2ccc(-n3ccnc3C)cc2)C1. The number of alkyl halides is 2. The minimum atomic E-state index is -4.08. The van der Waals surface area contributed by atoms with Crippen molar-refractivity contribution in [2.45, 2.75) is 45.1 Å². The summed E-state index contributed by atoms with van der Waals surface area (Å²) >= 11 is 0. The first-order chi connectivity index (χ1) is 16.1. The molecule has 0 saturated carbocycles. The number of carbonyl (C=O) groups excluding carboxylic acids is 1. The fourth-order valence-corrected chi connectivity index (χ4v) is 6.20. The van der Waals surface area contributed by atoms with Crippen LogP contribution < -0.4 is 5.32 Å². The summed E-state index contributed by atoms with van der Waals surface area (Å²) in [5, 5.41) is 6.54. The van der Waals surface area contributed by atoms with E-state index in [-0.39, 0.29) is 35.3 Å². The van der Waals surface area contributed by atoms with E-state index in [1.807, 2.05) is 29.8 Å². The van der Waals surface area contributed by atoms with Crippen LogP contribution in [0.4, 0.5) is 14.5 Å². The summed E-state index contributed by atoms with van der Waals surface area (Å²) in [5.41, 5.74) is 1.39. The summed E-state index contributed by atoms with van der Waals surface area (Å²) in [6, 6.07) is 7.26. The summed E-state index contributed by atoms with van der Waals surface area (Å²) in [5.74, 6) is -0.0158. The van der Waals surface area contributed by atoms with E-state index in [0.717, 1.165) is 11.5 Å². The second kappa shape index (κ2) is 9.26. The minimum absolute atomic E-state index is 0.0117. The number of aryl methyl sites for hydroxylation is 2. The van der Waals surface area contributed by atoms with Gasteiger partial charge in [0.2, 0.25) is 15.9 Å². The molecule has 1 fully saturated rings. The van der Waals surface area contributed by atoms with Gasteiger partial charge in [0.15, 0.2) is 0 Å². The van der Waals surface area contributed by atoms with Crippen molar-refractivity contribution in [2.24, 2.45) is 5.92 Å². The molecule has 4 rings (SSSR count). The molecule has 34 heavy (non-hydrogen) atoms. The standard InChI is InChI=1S/C22H26F2N6O3S/c1-14-20(15(2)30(27-14)22(23)24)34(32,33)28-11-4-5-17(13-28)21(31)26-18-6-8-19(9-7-18)29-12-10-25-16(29)3/h6-10,12,17,22H,4-5,11,13H2,1-3H3,(H,26,31). The third-order valence-corrected chi connectivity index (χ3v) is 8.15. The van der Waals surface area contributed by atoms with Gasteiger partial charge in [0.1, 0.15) is 10.7 Å². The second-order valence-corrected chi connectivity index (χ2v) is 10.2. The minimum Gasteiger partial charge on any atom is -0.326 e. The number of hydrogen-bond acceptors (Lipinski definition) is 5. The lowest BCUT2D eigenvalue weighted by molar-refractivity contribution is -0.120. The van der Waals surface area contributed by atoms with Gasteiger partial charge in [-0.3, -0.25) is 4.79 Å². The zero-order chi connectivity index (χ0) is 24.6. The first kappa shape index (κ1) is 24.0. The lowest BCUT2D eigenvalue weighted by atomic mass is 9.98. The van der Waals surface area contributed by atoms with Crippen molar-refractivity contribution in [2.75, 3.05) is 18.4 Å². The smallest absolute Gasteiger partial charge is 0.326 e. The molecular formula is C22H26F2N6O3S. The van der Waals surface area contributed by atoms with Crippen molar-refractivity contribution in [3.05, 3.63) is 53.9 Å². The van der Waals surface area contributed by atoms with Crippen molar-refractivity contribution in [3.8, 4) is 5.69 Å². The Morgan fingerprint density at radius 1 is 1.18 bits per heavy atom. The van der Waals surface area contributed by atoms with Crippen LogP contribution in [0.5, 0.6) is 0 Å². The Morgan fingerprint density at radius 3 is 2.47 bits per heavy atom. The third kappa shape index (κ3) is 4.47.